The van der Waals surface area contributed by atoms with Crippen molar-refractivity contribution in [3.05, 3.63) is 63.9 Å². The van der Waals surface area contributed by atoms with Crippen molar-refractivity contribution >= 4 is 17.5 Å². The molecule has 0 radical (unpaired) electrons. The summed E-state index contributed by atoms with van der Waals surface area (Å²) in [4.78, 5) is 23.4. The first-order valence-electron chi connectivity index (χ1n) is 10.6. The van der Waals surface area contributed by atoms with Crippen LogP contribution in [0.4, 0.5) is 17.5 Å². The molecule has 6 heteroatoms. The Morgan fingerprint density at radius 3 is 2.33 bits per heavy atom. The van der Waals surface area contributed by atoms with Crippen LogP contribution in [0.25, 0.3) is 0 Å². The molecule has 1 aliphatic heterocycles. The summed E-state index contributed by atoms with van der Waals surface area (Å²) in [5.74, 6) is 1.80. The Bertz CT molecular complexity index is 1050. The molecular formula is C24H30N6. The zero-order valence-corrected chi connectivity index (χ0v) is 18.8. The summed E-state index contributed by atoms with van der Waals surface area (Å²) in [6.45, 7) is 15.1. The van der Waals surface area contributed by atoms with Crippen molar-refractivity contribution < 1.29 is 0 Å². The van der Waals surface area contributed by atoms with Gasteiger partial charge >= 0.3 is 0 Å². The molecule has 156 valence electrons. The van der Waals surface area contributed by atoms with E-state index in [1.54, 1.807) is 0 Å². The lowest BCUT2D eigenvalue weighted by atomic mass is 10.0. The SMILES string of the molecule is CCN(c1nc(C)c2c(n1)N(Cc1cnc(C)cn1)CC2)c1c(C)cc(C)cc1C. The molecule has 2 aromatic heterocycles. The molecule has 0 atom stereocenters. The molecule has 0 saturated heterocycles. The van der Waals surface area contributed by atoms with E-state index in [9.17, 15) is 0 Å². The van der Waals surface area contributed by atoms with Crippen LogP contribution in [-0.2, 0) is 13.0 Å². The van der Waals surface area contributed by atoms with Gasteiger partial charge in [0.05, 0.1) is 24.1 Å². The number of benzene rings is 1. The molecule has 0 fully saturated rings. The van der Waals surface area contributed by atoms with Crippen molar-refractivity contribution in [2.45, 2.75) is 54.5 Å². The molecule has 30 heavy (non-hydrogen) atoms. The summed E-state index contributed by atoms with van der Waals surface area (Å²) in [6, 6.07) is 4.46. The average molecular weight is 403 g/mol. The lowest BCUT2D eigenvalue weighted by molar-refractivity contribution is 0.795. The number of nitrogens with zero attached hydrogens (tertiary/aromatic N) is 6. The average Bonchev–Trinajstić information content (AvgIpc) is 3.09. The molecule has 4 rings (SSSR count). The minimum Gasteiger partial charge on any atom is -0.350 e. The molecule has 0 unspecified atom stereocenters. The van der Waals surface area contributed by atoms with Crippen LogP contribution in [0.2, 0.25) is 0 Å². The van der Waals surface area contributed by atoms with Crippen LogP contribution in [0.15, 0.2) is 24.5 Å². The number of aryl methyl sites for hydroxylation is 5. The first-order valence-corrected chi connectivity index (χ1v) is 10.6. The van der Waals surface area contributed by atoms with Crippen LogP contribution >= 0.6 is 0 Å². The molecule has 0 spiro atoms. The van der Waals surface area contributed by atoms with E-state index in [4.69, 9.17) is 9.97 Å². The van der Waals surface area contributed by atoms with Crippen LogP contribution in [0.5, 0.6) is 0 Å². The van der Waals surface area contributed by atoms with E-state index in [2.05, 4.69) is 66.5 Å². The molecule has 0 amide bonds. The first-order chi connectivity index (χ1) is 14.4. The van der Waals surface area contributed by atoms with Crippen LogP contribution in [-0.4, -0.2) is 33.0 Å². The fraction of sp³-hybridized carbons (Fsp3) is 0.417. The number of aromatic nitrogens is 4. The van der Waals surface area contributed by atoms with Gasteiger partial charge in [-0.1, -0.05) is 17.7 Å². The van der Waals surface area contributed by atoms with Crippen molar-refractivity contribution in [3.8, 4) is 0 Å². The second-order valence-electron chi connectivity index (χ2n) is 8.22. The minimum atomic E-state index is 0.713. The maximum absolute atomic E-state index is 5.05. The summed E-state index contributed by atoms with van der Waals surface area (Å²) in [7, 11) is 0. The standard InChI is InChI=1S/C24H30N6/c1-7-30(22-16(3)10-15(2)11-17(22)4)24-27-19(6)21-8-9-29(23(21)28-24)14-20-13-25-18(5)12-26-20/h10-13H,7-9,14H2,1-6H3. The normalized spacial score (nSPS) is 12.9. The summed E-state index contributed by atoms with van der Waals surface area (Å²) in [5.41, 5.74) is 9.19. The van der Waals surface area contributed by atoms with Crippen molar-refractivity contribution in [1.82, 2.24) is 19.9 Å². The van der Waals surface area contributed by atoms with Gasteiger partial charge in [-0.25, -0.2) is 4.98 Å². The lowest BCUT2D eigenvalue weighted by Gasteiger charge is -2.27. The molecule has 3 heterocycles. The zero-order chi connectivity index (χ0) is 21.4. The first kappa shape index (κ1) is 20.3. The number of rotatable bonds is 5. The Labute approximate surface area is 179 Å². The number of hydrogen-bond donors (Lipinski definition) is 0. The summed E-state index contributed by atoms with van der Waals surface area (Å²) in [6.07, 6.45) is 4.65. The number of fused-ring (bicyclic) bond motifs is 1. The fourth-order valence-corrected chi connectivity index (χ4v) is 4.44. The summed E-state index contributed by atoms with van der Waals surface area (Å²) in [5, 5.41) is 0. The van der Waals surface area contributed by atoms with Crippen molar-refractivity contribution in [3.63, 3.8) is 0 Å². The zero-order valence-electron chi connectivity index (χ0n) is 18.8. The molecular weight excluding hydrogens is 372 g/mol. The number of hydrogen-bond acceptors (Lipinski definition) is 6. The Morgan fingerprint density at radius 1 is 0.967 bits per heavy atom. The van der Waals surface area contributed by atoms with Crippen LogP contribution in [0.3, 0.4) is 0 Å². The van der Waals surface area contributed by atoms with Gasteiger partial charge < -0.3 is 9.80 Å². The van der Waals surface area contributed by atoms with Gasteiger partial charge in [-0.2, -0.15) is 4.98 Å². The monoisotopic (exact) mass is 402 g/mol. The van der Waals surface area contributed by atoms with Crippen LogP contribution < -0.4 is 9.80 Å². The van der Waals surface area contributed by atoms with Gasteiger partial charge in [0.1, 0.15) is 5.82 Å². The van der Waals surface area contributed by atoms with E-state index in [1.165, 1.54) is 27.9 Å². The predicted molar refractivity (Wildman–Crippen MR) is 122 cm³/mol. The second-order valence-corrected chi connectivity index (χ2v) is 8.22. The van der Waals surface area contributed by atoms with Gasteiger partial charge in [0.15, 0.2) is 0 Å². The van der Waals surface area contributed by atoms with Gasteiger partial charge in [-0.3, -0.25) is 9.97 Å². The molecule has 6 nitrogen and oxygen atoms in total. The maximum atomic E-state index is 5.05. The quantitative estimate of drug-likeness (QED) is 0.625. The Hall–Kier alpha value is -3.02. The van der Waals surface area contributed by atoms with Crippen molar-refractivity contribution in [2.75, 3.05) is 22.9 Å². The highest BCUT2D eigenvalue weighted by atomic mass is 15.3. The lowest BCUT2D eigenvalue weighted by Crippen LogP contribution is -2.24. The van der Waals surface area contributed by atoms with E-state index in [0.29, 0.717) is 6.54 Å². The Balaban J connectivity index is 1.72. The van der Waals surface area contributed by atoms with Gasteiger partial charge in [0.2, 0.25) is 5.95 Å². The maximum Gasteiger partial charge on any atom is 0.232 e. The predicted octanol–water partition coefficient (Wildman–Crippen LogP) is 4.53. The molecule has 0 bridgehead atoms. The fourth-order valence-electron chi connectivity index (χ4n) is 4.44. The van der Waals surface area contributed by atoms with E-state index < -0.39 is 0 Å². The van der Waals surface area contributed by atoms with E-state index in [0.717, 1.165) is 48.4 Å². The summed E-state index contributed by atoms with van der Waals surface area (Å²) >= 11 is 0. The molecule has 1 aromatic carbocycles. The highest BCUT2D eigenvalue weighted by Crippen LogP contribution is 2.35. The third-order valence-corrected chi connectivity index (χ3v) is 5.76. The smallest absolute Gasteiger partial charge is 0.232 e. The molecule has 1 aliphatic rings. The van der Waals surface area contributed by atoms with Crippen molar-refractivity contribution in [2.24, 2.45) is 0 Å². The number of anilines is 3. The topological polar surface area (TPSA) is 58.0 Å². The van der Waals surface area contributed by atoms with E-state index in [1.807, 2.05) is 19.3 Å². The van der Waals surface area contributed by atoms with Gasteiger partial charge in [0, 0.05) is 36.2 Å². The van der Waals surface area contributed by atoms with Crippen LogP contribution in [0, 0.1) is 34.6 Å². The third kappa shape index (κ3) is 3.74. The van der Waals surface area contributed by atoms with Gasteiger partial charge in [-0.05, 0) is 59.1 Å². The largest absolute Gasteiger partial charge is 0.350 e. The molecule has 0 saturated carbocycles. The van der Waals surface area contributed by atoms with Gasteiger partial charge in [0.25, 0.3) is 0 Å². The Morgan fingerprint density at radius 2 is 1.70 bits per heavy atom. The van der Waals surface area contributed by atoms with Crippen LogP contribution in [0.1, 0.15) is 46.3 Å². The van der Waals surface area contributed by atoms with E-state index >= 15 is 0 Å². The minimum absolute atomic E-state index is 0.713. The Kier molecular flexibility index (Phi) is 5.41. The van der Waals surface area contributed by atoms with Gasteiger partial charge in [-0.15, -0.1) is 0 Å². The highest BCUT2D eigenvalue weighted by molar-refractivity contribution is 5.68. The van der Waals surface area contributed by atoms with Crippen molar-refractivity contribution in [1.29, 1.82) is 0 Å². The van der Waals surface area contributed by atoms with E-state index in [-0.39, 0.29) is 0 Å². The molecule has 0 N–H and O–H groups in total. The summed E-state index contributed by atoms with van der Waals surface area (Å²) < 4.78 is 0. The molecule has 3 aromatic rings. The third-order valence-electron chi connectivity index (χ3n) is 5.76. The molecule has 0 aliphatic carbocycles. The second kappa shape index (κ2) is 8.01. The highest BCUT2D eigenvalue weighted by Gasteiger charge is 2.27.